The van der Waals surface area contributed by atoms with Crippen molar-refractivity contribution >= 4 is 23.0 Å². The molecule has 142 valence electrons. The van der Waals surface area contributed by atoms with Crippen LogP contribution >= 0.6 is 0 Å². The van der Waals surface area contributed by atoms with Crippen molar-refractivity contribution in [3.8, 4) is 5.75 Å². The number of benzene rings is 2. The molecule has 0 aliphatic carbocycles. The maximum atomic E-state index is 12.4. The molecule has 0 fully saturated rings. The molecule has 0 saturated carbocycles. The van der Waals surface area contributed by atoms with Crippen molar-refractivity contribution in [2.24, 2.45) is 0 Å². The summed E-state index contributed by atoms with van der Waals surface area (Å²) in [6, 6.07) is 10.5. The number of nitro groups is 1. The van der Waals surface area contributed by atoms with Gasteiger partial charge in [-0.05, 0) is 37.0 Å². The summed E-state index contributed by atoms with van der Waals surface area (Å²) < 4.78 is 5.49. The van der Waals surface area contributed by atoms with Gasteiger partial charge in [0.05, 0.1) is 23.4 Å². The average molecular weight is 369 g/mol. The fraction of sp³-hybridized carbons (Fsp3) is 0.350. The molecule has 1 aliphatic rings. The fourth-order valence-corrected chi connectivity index (χ4v) is 3.40. The van der Waals surface area contributed by atoms with E-state index < -0.39 is 4.92 Å². The zero-order chi connectivity index (χ0) is 19.4. The third-order valence-corrected chi connectivity index (χ3v) is 4.81. The number of aryl methyl sites for hydroxylation is 2. The van der Waals surface area contributed by atoms with Gasteiger partial charge in [-0.15, -0.1) is 0 Å². The Hall–Kier alpha value is -3.09. The zero-order valence-electron chi connectivity index (χ0n) is 15.5. The number of nitro benzene ring substituents is 1. The molecule has 7 nitrogen and oxygen atoms in total. The number of nitrogens with one attached hydrogen (secondary N) is 1. The monoisotopic (exact) mass is 369 g/mol. The lowest BCUT2D eigenvalue weighted by molar-refractivity contribution is -0.384. The Labute approximate surface area is 158 Å². The Balaban J connectivity index is 1.68. The van der Waals surface area contributed by atoms with E-state index in [0.29, 0.717) is 18.7 Å². The molecule has 0 spiro atoms. The van der Waals surface area contributed by atoms with Gasteiger partial charge in [0.2, 0.25) is 5.91 Å². The van der Waals surface area contributed by atoms with Crippen molar-refractivity contribution in [3.63, 3.8) is 0 Å². The highest BCUT2D eigenvalue weighted by Gasteiger charge is 2.21. The van der Waals surface area contributed by atoms with Crippen LogP contribution in [-0.4, -0.2) is 31.0 Å². The normalized spacial score (nSPS) is 13.0. The van der Waals surface area contributed by atoms with Crippen LogP contribution in [0.1, 0.15) is 24.0 Å². The van der Waals surface area contributed by atoms with E-state index in [1.54, 1.807) is 13.2 Å². The molecular formula is C20H23N3O4. The van der Waals surface area contributed by atoms with Crippen LogP contribution in [0.25, 0.3) is 0 Å². The summed E-state index contributed by atoms with van der Waals surface area (Å²) >= 11 is 0. The summed E-state index contributed by atoms with van der Waals surface area (Å²) in [4.78, 5) is 25.1. The van der Waals surface area contributed by atoms with Crippen LogP contribution in [0.15, 0.2) is 36.4 Å². The fourth-order valence-electron chi connectivity index (χ4n) is 3.40. The number of carbonyl (C=O) groups excluding carboxylic acids is 1. The minimum absolute atomic E-state index is 0.0365. The first-order chi connectivity index (χ1) is 13.0. The van der Waals surface area contributed by atoms with Gasteiger partial charge in [0, 0.05) is 31.6 Å². The molecule has 3 rings (SSSR count). The summed E-state index contributed by atoms with van der Waals surface area (Å²) in [5.74, 6) is 0.655. The highest BCUT2D eigenvalue weighted by molar-refractivity contribution is 5.92. The van der Waals surface area contributed by atoms with Gasteiger partial charge in [-0.2, -0.15) is 0 Å². The lowest BCUT2D eigenvalue weighted by atomic mass is 10.0. The van der Waals surface area contributed by atoms with Crippen LogP contribution in [0.3, 0.4) is 0 Å². The standard InChI is InChI=1S/C20H23N3O4/c1-14-8-9-16(23(25)26)13-17(14)21-19(24)10-12-22-11-4-6-15-5-3-7-18(27-2)20(15)22/h3,5,7-9,13H,4,6,10-12H2,1-2H3,(H,21,24). The van der Waals surface area contributed by atoms with Crippen LogP contribution < -0.4 is 15.0 Å². The number of para-hydroxylation sites is 1. The molecule has 0 saturated heterocycles. The molecule has 2 aromatic carbocycles. The number of rotatable bonds is 6. The Bertz CT molecular complexity index is 852. The van der Waals surface area contributed by atoms with Crippen molar-refractivity contribution in [1.82, 2.24) is 0 Å². The van der Waals surface area contributed by atoms with Crippen LogP contribution in [0.5, 0.6) is 5.75 Å². The van der Waals surface area contributed by atoms with Crippen LogP contribution in [-0.2, 0) is 11.2 Å². The van der Waals surface area contributed by atoms with Gasteiger partial charge in [0.25, 0.3) is 5.69 Å². The minimum atomic E-state index is -0.466. The third-order valence-electron chi connectivity index (χ3n) is 4.81. The molecule has 27 heavy (non-hydrogen) atoms. The number of non-ortho nitro benzene ring substituents is 1. The summed E-state index contributed by atoms with van der Waals surface area (Å²) in [5.41, 5.74) is 3.52. The number of ether oxygens (including phenoxy) is 1. The van der Waals surface area contributed by atoms with Crippen molar-refractivity contribution in [3.05, 3.63) is 57.6 Å². The predicted octanol–water partition coefficient (Wildman–Crippen LogP) is 3.69. The van der Waals surface area contributed by atoms with Crippen molar-refractivity contribution in [2.45, 2.75) is 26.2 Å². The van der Waals surface area contributed by atoms with Gasteiger partial charge >= 0.3 is 0 Å². The summed E-state index contributed by atoms with van der Waals surface area (Å²) in [6.07, 6.45) is 2.33. The quantitative estimate of drug-likeness (QED) is 0.620. The SMILES string of the molecule is COc1cccc2c1N(CCC(=O)Nc1cc([N+](=O)[O-])ccc1C)CCC2. The topological polar surface area (TPSA) is 84.7 Å². The lowest BCUT2D eigenvalue weighted by Crippen LogP contribution is -2.32. The molecular weight excluding hydrogens is 346 g/mol. The molecule has 1 N–H and O–H groups in total. The van der Waals surface area contributed by atoms with E-state index in [-0.39, 0.29) is 11.6 Å². The highest BCUT2D eigenvalue weighted by atomic mass is 16.6. The number of fused-ring (bicyclic) bond motifs is 1. The summed E-state index contributed by atoms with van der Waals surface area (Å²) in [7, 11) is 1.65. The second kappa shape index (κ2) is 8.07. The molecule has 0 aromatic heterocycles. The first-order valence-electron chi connectivity index (χ1n) is 8.95. The number of hydrogen-bond acceptors (Lipinski definition) is 5. The highest BCUT2D eigenvalue weighted by Crippen LogP contribution is 2.36. The van der Waals surface area contributed by atoms with Gasteiger partial charge in [0.15, 0.2) is 0 Å². The molecule has 0 bridgehead atoms. The molecule has 7 heteroatoms. The first-order valence-corrected chi connectivity index (χ1v) is 8.95. The van der Waals surface area contributed by atoms with E-state index in [1.807, 2.05) is 19.1 Å². The molecule has 0 unspecified atom stereocenters. The van der Waals surface area contributed by atoms with E-state index in [4.69, 9.17) is 4.74 Å². The van der Waals surface area contributed by atoms with E-state index in [2.05, 4.69) is 16.3 Å². The first kappa shape index (κ1) is 18.7. The maximum absolute atomic E-state index is 12.4. The van der Waals surface area contributed by atoms with Crippen LogP contribution in [0.4, 0.5) is 17.1 Å². The van der Waals surface area contributed by atoms with Crippen LogP contribution in [0.2, 0.25) is 0 Å². The smallest absolute Gasteiger partial charge is 0.271 e. The number of anilines is 2. The summed E-state index contributed by atoms with van der Waals surface area (Å²) in [6.45, 7) is 3.24. The van der Waals surface area contributed by atoms with E-state index in [9.17, 15) is 14.9 Å². The minimum Gasteiger partial charge on any atom is -0.495 e. The number of hydrogen-bond donors (Lipinski definition) is 1. The molecule has 0 atom stereocenters. The van der Waals surface area contributed by atoms with Crippen LogP contribution in [0, 0.1) is 17.0 Å². The number of methoxy groups -OCH3 is 1. The van der Waals surface area contributed by atoms with E-state index >= 15 is 0 Å². The molecule has 0 radical (unpaired) electrons. The maximum Gasteiger partial charge on any atom is 0.271 e. The Morgan fingerprint density at radius 2 is 2.15 bits per heavy atom. The van der Waals surface area contributed by atoms with Crippen molar-refractivity contribution in [2.75, 3.05) is 30.4 Å². The van der Waals surface area contributed by atoms with Gasteiger partial charge in [-0.25, -0.2) is 0 Å². The van der Waals surface area contributed by atoms with E-state index in [1.165, 1.54) is 17.7 Å². The summed E-state index contributed by atoms with van der Waals surface area (Å²) in [5, 5.41) is 13.7. The molecule has 1 heterocycles. The Kier molecular flexibility index (Phi) is 5.59. The van der Waals surface area contributed by atoms with Crippen molar-refractivity contribution in [1.29, 1.82) is 0 Å². The molecule has 1 aliphatic heterocycles. The second-order valence-electron chi connectivity index (χ2n) is 6.61. The van der Waals surface area contributed by atoms with Gasteiger partial charge in [0.1, 0.15) is 5.75 Å². The lowest BCUT2D eigenvalue weighted by Gasteiger charge is -2.32. The van der Waals surface area contributed by atoms with E-state index in [0.717, 1.165) is 36.4 Å². The number of nitrogens with zero attached hydrogens (tertiary/aromatic N) is 2. The largest absolute Gasteiger partial charge is 0.495 e. The van der Waals surface area contributed by atoms with Gasteiger partial charge in [-0.1, -0.05) is 18.2 Å². The number of carbonyl (C=O) groups is 1. The zero-order valence-corrected chi connectivity index (χ0v) is 15.5. The Morgan fingerprint density at radius 3 is 2.89 bits per heavy atom. The molecule has 1 amide bonds. The van der Waals surface area contributed by atoms with Crippen molar-refractivity contribution < 1.29 is 14.5 Å². The Morgan fingerprint density at radius 1 is 1.33 bits per heavy atom. The average Bonchev–Trinajstić information content (AvgIpc) is 2.67. The van der Waals surface area contributed by atoms with Gasteiger partial charge in [-0.3, -0.25) is 14.9 Å². The third kappa shape index (κ3) is 4.19. The predicted molar refractivity (Wildman–Crippen MR) is 105 cm³/mol. The van der Waals surface area contributed by atoms with Gasteiger partial charge < -0.3 is 15.0 Å². The second-order valence-corrected chi connectivity index (χ2v) is 6.61. The molecule has 2 aromatic rings. The number of amides is 1.